The van der Waals surface area contributed by atoms with Crippen molar-refractivity contribution in [2.75, 3.05) is 0 Å². The molecule has 3 aromatic heterocycles. The number of hydrogen-bond acceptors (Lipinski definition) is 4. The van der Waals surface area contributed by atoms with Gasteiger partial charge in [-0.25, -0.2) is 14.6 Å². The molecule has 0 aliphatic rings. The Morgan fingerprint density at radius 2 is 1.90 bits per heavy atom. The third kappa shape index (κ3) is 1.66. The molecule has 0 radical (unpaired) electrons. The molecule has 0 unspecified atom stereocenters. The molecule has 0 fully saturated rings. The van der Waals surface area contributed by atoms with Gasteiger partial charge in [0, 0.05) is 25.9 Å². The van der Waals surface area contributed by atoms with E-state index in [1.807, 2.05) is 42.9 Å². The molecule has 0 amide bonds. The van der Waals surface area contributed by atoms with Gasteiger partial charge in [-0.2, -0.15) is 0 Å². The van der Waals surface area contributed by atoms with Crippen LogP contribution in [0.4, 0.5) is 0 Å². The molecule has 0 saturated carbocycles. The largest absolute Gasteiger partial charge is 0.325 e. The zero-order chi connectivity index (χ0) is 14.6. The first-order chi connectivity index (χ1) is 10.2. The fourth-order valence-electron chi connectivity index (χ4n) is 2.65. The quantitative estimate of drug-likeness (QED) is 0.507. The topological polar surface area (TPSA) is 61.4 Å². The molecule has 0 spiro atoms. The summed E-state index contributed by atoms with van der Waals surface area (Å²) >= 11 is 6.19. The van der Waals surface area contributed by atoms with E-state index < -0.39 is 0 Å². The normalized spacial score (nSPS) is 11.6. The minimum atomic E-state index is 0.448. The fourth-order valence-corrected chi connectivity index (χ4v) is 2.93. The van der Waals surface area contributed by atoms with E-state index >= 15 is 0 Å². The molecule has 0 N–H and O–H groups in total. The van der Waals surface area contributed by atoms with Gasteiger partial charge < -0.3 is 4.57 Å². The van der Waals surface area contributed by atoms with E-state index in [2.05, 4.69) is 20.3 Å². The zero-order valence-corrected chi connectivity index (χ0v) is 12.2. The van der Waals surface area contributed by atoms with E-state index in [-0.39, 0.29) is 0 Å². The number of fused-ring (bicyclic) bond motifs is 2. The highest BCUT2D eigenvalue weighted by Gasteiger charge is 2.17. The van der Waals surface area contributed by atoms with Gasteiger partial charge in [-0.1, -0.05) is 22.9 Å². The van der Waals surface area contributed by atoms with Crippen LogP contribution in [0.3, 0.4) is 0 Å². The lowest BCUT2D eigenvalue weighted by atomic mass is 10.1. The molecule has 0 aliphatic carbocycles. The number of benzene rings is 1. The number of nitrogens with zero attached hydrogens (tertiary/aromatic N) is 6. The van der Waals surface area contributed by atoms with Gasteiger partial charge in [0.25, 0.3) is 0 Å². The molecule has 4 rings (SSSR count). The Bertz CT molecular complexity index is 984. The van der Waals surface area contributed by atoms with Crippen molar-refractivity contribution in [3.05, 3.63) is 35.6 Å². The van der Waals surface area contributed by atoms with Crippen LogP contribution < -0.4 is 0 Å². The molecule has 6 nitrogen and oxygen atoms in total. The molecule has 0 aliphatic heterocycles. The summed E-state index contributed by atoms with van der Waals surface area (Å²) < 4.78 is 3.70. The van der Waals surface area contributed by atoms with E-state index in [0.29, 0.717) is 5.15 Å². The third-order valence-corrected chi connectivity index (χ3v) is 3.88. The Morgan fingerprint density at radius 3 is 2.71 bits per heavy atom. The van der Waals surface area contributed by atoms with Crippen LogP contribution in [0.5, 0.6) is 0 Å². The zero-order valence-electron chi connectivity index (χ0n) is 11.4. The maximum atomic E-state index is 6.19. The van der Waals surface area contributed by atoms with Gasteiger partial charge >= 0.3 is 0 Å². The monoisotopic (exact) mass is 298 g/mol. The lowest BCUT2D eigenvalue weighted by molar-refractivity contribution is 0.736. The van der Waals surface area contributed by atoms with Crippen molar-refractivity contribution in [1.29, 1.82) is 0 Å². The Kier molecular flexibility index (Phi) is 2.49. The third-order valence-electron chi connectivity index (χ3n) is 3.60. The summed E-state index contributed by atoms with van der Waals surface area (Å²) in [6.45, 7) is 0. The summed E-state index contributed by atoms with van der Waals surface area (Å²) in [6.07, 6.45) is 1.66. The van der Waals surface area contributed by atoms with Crippen molar-refractivity contribution in [2.45, 2.75) is 0 Å². The first-order valence-electron chi connectivity index (χ1n) is 6.42. The van der Waals surface area contributed by atoms with Crippen LogP contribution in [0.15, 0.2) is 30.5 Å². The minimum absolute atomic E-state index is 0.448. The second kappa shape index (κ2) is 4.26. The molecule has 21 heavy (non-hydrogen) atoms. The van der Waals surface area contributed by atoms with Crippen LogP contribution in [0.25, 0.3) is 33.5 Å². The van der Waals surface area contributed by atoms with Gasteiger partial charge in [0.05, 0.1) is 11.0 Å². The van der Waals surface area contributed by atoms with Crippen LogP contribution in [0, 0.1) is 0 Å². The Hall–Kier alpha value is -2.47. The van der Waals surface area contributed by atoms with Crippen LogP contribution in [0.2, 0.25) is 5.15 Å². The maximum Gasteiger partial charge on any atom is 0.154 e. The molecule has 0 saturated heterocycles. The van der Waals surface area contributed by atoms with Crippen molar-refractivity contribution in [1.82, 2.24) is 29.5 Å². The van der Waals surface area contributed by atoms with Crippen molar-refractivity contribution >= 4 is 33.7 Å². The number of para-hydroxylation sites is 1. The van der Waals surface area contributed by atoms with Crippen LogP contribution in [0.1, 0.15) is 0 Å². The molecular weight excluding hydrogens is 288 g/mol. The molecule has 0 bridgehead atoms. The number of aryl methyl sites for hydroxylation is 2. The second-order valence-electron chi connectivity index (χ2n) is 4.85. The van der Waals surface area contributed by atoms with E-state index in [1.165, 1.54) is 0 Å². The van der Waals surface area contributed by atoms with Gasteiger partial charge in [-0.15, -0.1) is 5.10 Å². The number of hydrogen-bond donors (Lipinski definition) is 0. The average Bonchev–Trinajstić information content (AvgIpc) is 3.01. The fraction of sp³-hybridized carbons (Fsp3) is 0.143. The van der Waals surface area contributed by atoms with Crippen molar-refractivity contribution in [3.8, 4) is 11.4 Å². The predicted octanol–water partition coefficient (Wildman–Crippen LogP) is 2.57. The Balaban J connectivity index is 2.12. The van der Waals surface area contributed by atoms with E-state index in [4.69, 9.17) is 11.6 Å². The summed E-state index contributed by atoms with van der Waals surface area (Å²) in [5.41, 5.74) is 4.39. The van der Waals surface area contributed by atoms with E-state index in [0.717, 1.165) is 33.5 Å². The lowest BCUT2D eigenvalue weighted by Gasteiger charge is -2.05. The molecule has 1 aromatic carbocycles. The summed E-state index contributed by atoms with van der Waals surface area (Å²) in [5.74, 6) is 0.816. The number of halogens is 1. The van der Waals surface area contributed by atoms with E-state index in [9.17, 15) is 0 Å². The SMILES string of the molecule is Cn1nnc2cccc(-c3nc4ccnc(Cl)c4n3C)c21. The van der Waals surface area contributed by atoms with Gasteiger partial charge in [-0.3, -0.25) is 0 Å². The van der Waals surface area contributed by atoms with E-state index in [1.54, 1.807) is 10.9 Å². The van der Waals surface area contributed by atoms with Crippen LogP contribution in [-0.2, 0) is 14.1 Å². The standard InChI is InChI=1S/C14H11ClN6/c1-20-12-9(6-7-16-13(12)15)17-14(20)8-4-3-5-10-11(8)21(2)19-18-10/h3-7H,1-2H3. The molecule has 3 heterocycles. The average molecular weight is 299 g/mol. The number of pyridine rings is 1. The Labute approximate surface area is 125 Å². The maximum absolute atomic E-state index is 6.19. The number of aromatic nitrogens is 6. The summed E-state index contributed by atoms with van der Waals surface area (Å²) in [5, 5.41) is 8.67. The predicted molar refractivity (Wildman–Crippen MR) is 81.0 cm³/mol. The van der Waals surface area contributed by atoms with Gasteiger partial charge in [0.15, 0.2) is 5.15 Å². The highest BCUT2D eigenvalue weighted by atomic mass is 35.5. The molecule has 104 valence electrons. The molecule has 7 heteroatoms. The van der Waals surface area contributed by atoms with Crippen LogP contribution >= 0.6 is 11.6 Å². The molecular formula is C14H11ClN6. The highest BCUT2D eigenvalue weighted by Crippen LogP contribution is 2.30. The second-order valence-corrected chi connectivity index (χ2v) is 5.21. The lowest BCUT2D eigenvalue weighted by Crippen LogP contribution is -1.97. The minimum Gasteiger partial charge on any atom is -0.325 e. The van der Waals surface area contributed by atoms with Crippen molar-refractivity contribution < 1.29 is 0 Å². The highest BCUT2D eigenvalue weighted by molar-refractivity contribution is 6.33. The summed E-state index contributed by atoms with van der Waals surface area (Å²) in [6, 6.07) is 7.75. The summed E-state index contributed by atoms with van der Waals surface area (Å²) in [7, 11) is 3.80. The van der Waals surface area contributed by atoms with Gasteiger partial charge in [0.1, 0.15) is 16.9 Å². The van der Waals surface area contributed by atoms with Gasteiger partial charge in [-0.05, 0) is 18.2 Å². The summed E-state index contributed by atoms with van der Waals surface area (Å²) in [4.78, 5) is 8.80. The smallest absolute Gasteiger partial charge is 0.154 e. The first-order valence-corrected chi connectivity index (χ1v) is 6.80. The van der Waals surface area contributed by atoms with Crippen molar-refractivity contribution in [3.63, 3.8) is 0 Å². The number of imidazole rings is 1. The molecule has 4 aromatic rings. The number of rotatable bonds is 1. The molecule has 0 atom stereocenters. The van der Waals surface area contributed by atoms with Gasteiger partial charge in [0.2, 0.25) is 0 Å². The van der Waals surface area contributed by atoms with Crippen LogP contribution in [-0.4, -0.2) is 29.5 Å². The Morgan fingerprint density at radius 1 is 1.05 bits per heavy atom. The first kappa shape index (κ1) is 12.3. The van der Waals surface area contributed by atoms with Crippen molar-refractivity contribution in [2.24, 2.45) is 14.1 Å².